The summed E-state index contributed by atoms with van der Waals surface area (Å²) >= 11 is 2.72. The van der Waals surface area contributed by atoms with E-state index in [0.717, 1.165) is 47.4 Å². The van der Waals surface area contributed by atoms with Gasteiger partial charge in [0.2, 0.25) is 11.8 Å². The van der Waals surface area contributed by atoms with Gasteiger partial charge in [0.25, 0.3) is 0 Å². The van der Waals surface area contributed by atoms with Gasteiger partial charge in [-0.15, -0.1) is 21.5 Å². The van der Waals surface area contributed by atoms with Crippen molar-refractivity contribution < 1.29 is 23.9 Å². The zero-order valence-corrected chi connectivity index (χ0v) is 24.2. The molecule has 1 unspecified atom stereocenters. The Morgan fingerprint density at radius 1 is 1.15 bits per heavy atom. The van der Waals surface area contributed by atoms with E-state index in [-0.39, 0.29) is 37.4 Å². The number of ether oxygens (including phenoxy) is 2. The van der Waals surface area contributed by atoms with Gasteiger partial charge in [0.15, 0.2) is 11.0 Å². The van der Waals surface area contributed by atoms with E-state index in [1.807, 2.05) is 24.3 Å². The number of hydrogen-bond acceptors (Lipinski definition) is 9. The van der Waals surface area contributed by atoms with Crippen LogP contribution < -0.4 is 15.4 Å². The van der Waals surface area contributed by atoms with E-state index in [9.17, 15) is 14.4 Å². The first kappa shape index (κ1) is 28.6. The lowest BCUT2D eigenvalue weighted by Gasteiger charge is -2.13. The second-order valence-electron chi connectivity index (χ2n) is 9.14. The van der Waals surface area contributed by atoms with Crippen molar-refractivity contribution in [2.24, 2.45) is 7.05 Å². The molecular formula is C27H33N5O5S2. The third kappa shape index (κ3) is 6.99. The Labute approximate surface area is 235 Å². The summed E-state index contributed by atoms with van der Waals surface area (Å²) in [5, 5.41) is 14.8. The van der Waals surface area contributed by atoms with Gasteiger partial charge >= 0.3 is 5.97 Å². The van der Waals surface area contributed by atoms with Gasteiger partial charge in [0, 0.05) is 11.9 Å². The van der Waals surface area contributed by atoms with Gasteiger partial charge in [-0.05, 0) is 62.8 Å². The topological polar surface area (TPSA) is 124 Å². The molecule has 2 heterocycles. The van der Waals surface area contributed by atoms with Crippen LogP contribution >= 0.6 is 23.1 Å². The first-order valence-corrected chi connectivity index (χ1v) is 14.6. The van der Waals surface area contributed by atoms with Crippen LogP contribution in [0.2, 0.25) is 0 Å². The molecule has 208 valence electrons. The minimum absolute atomic E-state index is 0.138. The third-order valence-electron chi connectivity index (χ3n) is 6.43. The van der Waals surface area contributed by atoms with Crippen molar-refractivity contribution in [1.82, 2.24) is 20.1 Å². The van der Waals surface area contributed by atoms with E-state index in [0.29, 0.717) is 21.5 Å². The van der Waals surface area contributed by atoms with Crippen molar-refractivity contribution in [2.75, 3.05) is 19.0 Å². The Bertz CT molecular complexity index is 1340. The van der Waals surface area contributed by atoms with E-state index < -0.39 is 5.25 Å². The molecule has 0 bridgehead atoms. The lowest BCUT2D eigenvalue weighted by molar-refractivity contribution is -0.120. The number of thioether (sulfide) groups is 1. The molecule has 2 N–H and O–H groups in total. The molecule has 2 aromatic heterocycles. The van der Waals surface area contributed by atoms with Gasteiger partial charge in [-0.1, -0.05) is 23.9 Å². The fraction of sp³-hybridized carbons (Fsp3) is 0.444. The maximum Gasteiger partial charge on any atom is 0.341 e. The number of amides is 2. The van der Waals surface area contributed by atoms with Gasteiger partial charge in [-0.3, -0.25) is 9.59 Å². The molecule has 1 aromatic carbocycles. The van der Waals surface area contributed by atoms with Crippen molar-refractivity contribution in [2.45, 2.75) is 62.9 Å². The van der Waals surface area contributed by atoms with Gasteiger partial charge < -0.3 is 24.7 Å². The SMILES string of the molecule is CCOC(=O)c1c(NC(=O)C(C)Sc2nnc(CNC(=O)Cc3ccc(OC)cc3)n2C)sc2c1CCCC2. The average Bonchev–Trinajstić information content (AvgIpc) is 3.47. The number of aryl methyl sites for hydroxylation is 1. The van der Waals surface area contributed by atoms with Crippen LogP contribution in [0.5, 0.6) is 5.75 Å². The maximum atomic E-state index is 13.1. The summed E-state index contributed by atoms with van der Waals surface area (Å²) in [6.07, 6.45) is 4.06. The summed E-state index contributed by atoms with van der Waals surface area (Å²) in [5.74, 6) is 0.547. The summed E-state index contributed by atoms with van der Waals surface area (Å²) in [5.41, 5.74) is 2.38. The Morgan fingerprint density at radius 3 is 2.62 bits per heavy atom. The van der Waals surface area contributed by atoms with Crippen LogP contribution in [0.1, 0.15) is 58.9 Å². The molecule has 1 aliphatic rings. The van der Waals surface area contributed by atoms with E-state index in [1.54, 1.807) is 32.6 Å². The molecule has 0 radical (unpaired) electrons. The molecule has 1 atom stereocenters. The van der Waals surface area contributed by atoms with Crippen molar-refractivity contribution in [3.8, 4) is 5.75 Å². The Balaban J connectivity index is 1.35. The zero-order chi connectivity index (χ0) is 27.9. The first-order chi connectivity index (χ1) is 18.8. The summed E-state index contributed by atoms with van der Waals surface area (Å²) in [7, 11) is 3.39. The van der Waals surface area contributed by atoms with Crippen LogP contribution in [-0.2, 0) is 47.2 Å². The number of hydrogen-bond donors (Lipinski definition) is 2. The predicted octanol–water partition coefficient (Wildman–Crippen LogP) is 3.92. The highest BCUT2D eigenvalue weighted by Gasteiger charge is 2.28. The number of methoxy groups -OCH3 is 1. The highest BCUT2D eigenvalue weighted by atomic mass is 32.2. The predicted molar refractivity (Wildman–Crippen MR) is 150 cm³/mol. The number of anilines is 1. The number of nitrogens with zero attached hydrogens (tertiary/aromatic N) is 3. The highest BCUT2D eigenvalue weighted by molar-refractivity contribution is 8.00. The third-order valence-corrected chi connectivity index (χ3v) is 8.77. The number of fused-ring (bicyclic) bond motifs is 1. The second kappa shape index (κ2) is 13.1. The number of aromatic nitrogens is 3. The van der Waals surface area contributed by atoms with Crippen LogP contribution in [0, 0.1) is 0 Å². The van der Waals surface area contributed by atoms with E-state index >= 15 is 0 Å². The number of nitrogens with one attached hydrogen (secondary N) is 2. The van der Waals surface area contributed by atoms with Crippen molar-refractivity contribution >= 4 is 45.9 Å². The van der Waals surface area contributed by atoms with Crippen LogP contribution in [0.3, 0.4) is 0 Å². The largest absolute Gasteiger partial charge is 0.497 e. The van der Waals surface area contributed by atoms with E-state index in [1.165, 1.54) is 23.1 Å². The van der Waals surface area contributed by atoms with Gasteiger partial charge in [-0.2, -0.15) is 0 Å². The van der Waals surface area contributed by atoms with E-state index in [4.69, 9.17) is 9.47 Å². The summed E-state index contributed by atoms with van der Waals surface area (Å²) in [6.45, 7) is 4.04. The number of thiophene rings is 1. The van der Waals surface area contributed by atoms with Gasteiger partial charge in [0.1, 0.15) is 10.8 Å². The smallest absolute Gasteiger partial charge is 0.341 e. The summed E-state index contributed by atoms with van der Waals surface area (Å²) < 4.78 is 12.2. The summed E-state index contributed by atoms with van der Waals surface area (Å²) in [4.78, 5) is 39.4. The monoisotopic (exact) mass is 571 g/mol. The van der Waals surface area contributed by atoms with E-state index in [2.05, 4.69) is 20.8 Å². The van der Waals surface area contributed by atoms with Gasteiger partial charge in [-0.25, -0.2) is 4.79 Å². The quantitative estimate of drug-likeness (QED) is 0.262. The van der Waals surface area contributed by atoms with Crippen LogP contribution in [0.15, 0.2) is 29.4 Å². The number of benzene rings is 1. The minimum Gasteiger partial charge on any atom is -0.497 e. The van der Waals surface area contributed by atoms with Crippen LogP contribution in [0.4, 0.5) is 5.00 Å². The molecule has 12 heteroatoms. The van der Waals surface area contributed by atoms with Crippen molar-refractivity contribution in [3.63, 3.8) is 0 Å². The Kier molecular flexibility index (Phi) is 9.63. The molecule has 10 nitrogen and oxygen atoms in total. The average molecular weight is 572 g/mol. The van der Waals surface area contributed by atoms with Crippen molar-refractivity contribution in [1.29, 1.82) is 0 Å². The number of carbonyl (C=O) groups excluding carboxylic acids is 3. The Morgan fingerprint density at radius 2 is 1.90 bits per heavy atom. The fourth-order valence-corrected chi connectivity index (χ4v) is 6.38. The lowest BCUT2D eigenvalue weighted by atomic mass is 9.95. The fourth-order valence-electron chi connectivity index (χ4n) is 4.27. The molecule has 0 aliphatic heterocycles. The normalized spacial score (nSPS) is 13.3. The molecule has 0 saturated heterocycles. The molecule has 0 fully saturated rings. The molecule has 39 heavy (non-hydrogen) atoms. The molecule has 1 aliphatic carbocycles. The Hall–Kier alpha value is -3.38. The minimum atomic E-state index is -0.500. The molecular weight excluding hydrogens is 538 g/mol. The maximum absolute atomic E-state index is 13.1. The van der Waals surface area contributed by atoms with Gasteiger partial charge in [0.05, 0.1) is 37.5 Å². The zero-order valence-electron chi connectivity index (χ0n) is 22.5. The van der Waals surface area contributed by atoms with Crippen LogP contribution in [0.25, 0.3) is 0 Å². The second-order valence-corrected chi connectivity index (χ2v) is 11.6. The first-order valence-electron chi connectivity index (χ1n) is 12.9. The number of esters is 1. The molecule has 2 amide bonds. The number of rotatable bonds is 11. The lowest BCUT2D eigenvalue weighted by Crippen LogP contribution is -2.26. The summed E-state index contributed by atoms with van der Waals surface area (Å²) in [6, 6.07) is 7.33. The standard InChI is InChI=1S/C27H33N5O5S2/c1-5-37-26(35)23-19-8-6-7-9-20(19)39-25(23)29-24(34)16(2)38-27-31-30-21(32(27)3)15-28-22(33)14-17-10-12-18(36-4)13-11-17/h10-13,16H,5-9,14-15H2,1-4H3,(H,28,33)(H,29,34). The van der Waals surface area contributed by atoms with Crippen LogP contribution in [-0.4, -0.2) is 51.5 Å². The molecule has 0 saturated carbocycles. The van der Waals surface area contributed by atoms with Crippen molar-refractivity contribution in [3.05, 3.63) is 51.7 Å². The molecule has 3 aromatic rings. The number of carbonyl (C=O) groups is 3. The molecule has 0 spiro atoms. The highest BCUT2D eigenvalue weighted by Crippen LogP contribution is 2.39. The molecule has 4 rings (SSSR count).